The second-order valence-corrected chi connectivity index (χ2v) is 3.43. The molecule has 3 N–H and O–H groups in total. The molecule has 0 saturated heterocycles. The largest absolute Gasteiger partial charge is 0.396 e. The quantitative estimate of drug-likeness (QED) is 0.643. The van der Waals surface area contributed by atoms with E-state index < -0.39 is 5.72 Å². The first-order valence-corrected chi connectivity index (χ1v) is 4.16. The lowest BCUT2D eigenvalue weighted by Gasteiger charge is -2.37. The van der Waals surface area contributed by atoms with Crippen LogP contribution < -0.4 is 5.73 Å². The van der Waals surface area contributed by atoms with E-state index in [9.17, 15) is 5.11 Å². The van der Waals surface area contributed by atoms with Gasteiger partial charge in [-0.15, -0.1) is 0 Å². The van der Waals surface area contributed by atoms with Crippen molar-refractivity contribution in [2.75, 3.05) is 5.73 Å². The summed E-state index contributed by atoms with van der Waals surface area (Å²) in [6.45, 7) is 1.87. The molecule has 1 fully saturated rings. The maximum Gasteiger partial charge on any atom is 0.158 e. The number of hydrogen-bond acceptors (Lipinski definition) is 3. The van der Waals surface area contributed by atoms with E-state index in [0.717, 1.165) is 25.0 Å². The van der Waals surface area contributed by atoms with Crippen LogP contribution >= 0.6 is 0 Å². The van der Waals surface area contributed by atoms with Gasteiger partial charge in [0.05, 0.1) is 17.6 Å². The average molecular weight is 167 g/mol. The molecule has 1 heterocycles. The van der Waals surface area contributed by atoms with Gasteiger partial charge in [0.2, 0.25) is 0 Å². The monoisotopic (exact) mass is 167 g/mol. The normalized spacial score (nSPS) is 20.5. The van der Waals surface area contributed by atoms with Crippen LogP contribution in [-0.2, 0) is 5.72 Å². The molecule has 66 valence electrons. The zero-order chi connectivity index (χ0) is 8.77. The van der Waals surface area contributed by atoms with Crippen molar-refractivity contribution >= 4 is 5.69 Å². The first-order valence-electron chi connectivity index (χ1n) is 4.16. The van der Waals surface area contributed by atoms with Gasteiger partial charge in [-0.05, 0) is 26.2 Å². The zero-order valence-corrected chi connectivity index (χ0v) is 7.12. The van der Waals surface area contributed by atoms with Crippen molar-refractivity contribution in [2.24, 2.45) is 0 Å². The van der Waals surface area contributed by atoms with Gasteiger partial charge in [0.15, 0.2) is 5.72 Å². The molecular formula is C8H13N3O. The lowest BCUT2D eigenvalue weighted by atomic mass is 9.88. The summed E-state index contributed by atoms with van der Waals surface area (Å²) in [6.07, 6.45) is 4.23. The molecule has 0 spiro atoms. The molecule has 12 heavy (non-hydrogen) atoms. The number of rotatable bonds is 1. The predicted octanol–water partition coefficient (Wildman–Crippen LogP) is 0.603. The number of nitrogens with zero attached hydrogens (tertiary/aromatic N) is 2. The molecule has 1 saturated carbocycles. The molecule has 0 bridgehead atoms. The van der Waals surface area contributed by atoms with Crippen molar-refractivity contribution < 1.29 is 5.11 Å². The van der Waals surface area contributed by atoms with Crippen LogP contribution in [0.15, 0.2) is 6.20 Å². The van der Waals surface area contributed by atoms with Crippen LogP contribution in [0.4, 0.5) is 5.69 Å². The summed E-state index contributed by atoms with van der Waals surface area (Å²) in [5, 5.41) is 14.0. The topological polar surface area (TPSA) is 64.1 Å². The lowest BCUT2D eigenvalue weighted by Crippen LogP contribution is -2.41. The first-order chi connectivity index (χ1) is 5.63. The van der Waals surface area contributed by atoms with E-state index in [1.54, 1.807) is 10.9 Å². The van der Waals surface area contributed by atoms with Crippen molar-refractivity contribution in [1.29, 1.82) is 0 Å². The molecule has 0 aromatic carbocycles. The van der Waals surface area contributed by atoms with Gasteiger partial charge in [-0.1, -0.05) is 0 Å². The molecule has 1 aliphatic rings. The Kier molecular flexibility index (Phi) is 1.41. The number of aromatic nitrogens is 2. The number of aliphatic hydroxyl groups is 1. The Morgan fingerprint density at radius 2 is 2.33 bits per heavy atom. The van der Waals surface area contributed by atoms with Gasteiger partial charge < -0.3 is 10.8 Å². The minimum Gasteiger partial charge on any atom is -0.396 e. The molecule has 0 amide bonds. The molecule has 0 aliphatic heterocycles. The Morgan fingerprint density at radius 3 is 2.67 bits per heavy atom. The Bertz CT molecular complexity index is 301. The van der Waals surface area contributed by atoms with Gasteiger partial charge >= 0.3 is 0 Å². The molecule has 0 radical (unpaired) electrons. The maximum absolute atomic E-state index is 9.92. The molecule has 0 unspecified atom stereocenters. The molecule has 4 nitrogen and oxygen atoms in total. The third kappa shape index (κ3) is 0.845. The fourth-order valence-electron chi connectivity index (χ4n) is 1.55. The molecule has 4 heteroatoms. The highest BCUT2D eigenvalue weighted by Gasteiger charge is 2.38. The first kappa shape index (κ1) is 7.61. The summed E-state index contributed by atoms with van der Waals surface area (Å²) in [5.74, 6) is 0. The number of hydrogen-bond donors (Lipinski definition) is 2. The highest BCUT2D eigenvalue weighted by Crippen LogP contribution is 2.37. The van der Waals surface area contributed by atoms with E-state index in [4.69, 9.17) is 5.73 Å². The third-order valence-corrected chi connectivity index (χ3v) is 2.60. The molecule has 1 aliphatic carbocycles. The Labute approximate surface area is 71.0 Å². The van der Waals surface area contributed by atoms with Crippen LogP contribution in [0.1, 0.15) is 25.0 Å². The summed E-state index contributed by atoms with van der Waals surface area (Å²) >= 11 is 0. The Balaban J connectivity index is 2.39. The minimum absolute atomic E-state index is 0.648. The van der Waals surface area contributed by atoms with Crippen LogP contribution in [0.3, 0.4) is 0 Å². The summed E-state index contributed by atoms with van der Waals surface area (Å²) in [7, 11) is 0. The molecule has 1 aromatic heterocycles. The van der Waals surface area contributed by atoms with Gasteiger partial charge in [-0.25, -0.2) is 4.68 Å². The van der Waals surface area contributed by atoms with Crippen LogP contribution in [0.2, 0.25) is 0 Å². The zero-order valence-electron chi connectivity index (χ0n) is 7.12. The van der Waals surface area contributed by atoms with Gasteiger partial charge in [0, 0.05) is 0 Å². The third-order valence-electron chi connectivity index (χ3n) is 2.60. The van der Waals surface area contributed by atoms with E-state index in [1.807, 2.05) is 6.92 Å². The molecule has 2 rings (SSSR count). The van der Waals surface area contributed by atoms with Gasteiger partial charge in [-0.2, -0.15) is 5.10 Å². The standard InChI is InChI=1S/C8H13N3O/c1-6-7(9)5-10-11(6)8(12)3-2-4-8/h5,12H,2-4,9H2,1H3. The summed E-state index contributed by atoms with van der Waals surface area (Å²) in [6, 6.07) is 0. The Morgan fingerprint density at radius 1 is 1.67 bits per heavy atom. The van der Waals surface area contributed by atoms with Gasteiger partial charge in [0.25, 0.3) is 0 Å². The van der Waals surface area contributed by atoms with Crippen LogP contribution in [0, 0.1) is 6.92 Å². The van der Waals surface area contributed by atoms with Crippen LogP contribution in [0.5, 0.6) is 0 Å². The number of anilines is 1. The van der Waals surface area contributed by atoms with Crippen molar-refractivity contribution in [1.82, 2.24) is 9.78 Å². The second kappa shape index (κ2) is 2.23. The lowest BCUT2D eigenvalue weighted by molar-refractivity contribution is -0.117. The molecular weight excluding hydrogens is 154 g/mol. The van der Waals surface area contributed by atoms with Crippen LogP contribution in [-0.4, -0.2) is 14.9 Å². The van der Waals surface area contributed by atoms with Crippen molar-refractivity contribution in [3.8, 4) is 0 Å². The SMILES string of the molecule is Cc1c(N)cnn1C1(O)CCC1. The van der Waals surface area contributed by atoms with Crippen LogP contribution in [0.25, 0.3) is 0 Å². The van der Waals surface area contributed by atoms with Crippen molar-refractivity contribution in [3.05, 3.63) is 11.9 Å². The predicted molar refractivity (Wildman–Crippen MR) is 45.4 cm³/mol. The van der Waals surface area contributed by atoms with E-state index >= 15 is 0 Å². The van der Waals surface area contributed by atoms with E-state index in [0.29, 0.717) is 5.69 Å². The fourth-order valence-corrected chi connectivity index (χ4v) is 1.55. The minimum atomic E-state index is -0.748. The highest BCUT2D eigenvalue weighted by atomic mass is 16.3. The van der Waals surface area contributed by atoms with Gasteiger partial charge in [-0.3, -0.25) is 0 Å². The number of nitrogen functional groups attached to an aromatic ring is 1. The smallest absolute Gasteiger partial charge is 0.158 e. The highest BCUT2D eigenvalue weighted by molar-refractivity contribution is 5.40. The van der Waals surface area contributed by atoms with E-state index in [2.05, 4.69) is 5.10 Å². The number of nitrogens with two attached hydrogens (primary N) is 1. The fraction of sp³-hybridized carbons (Fsp3) is 0.625. The van der Waals surface area contributed by atoms with Crippen molar-refractivity contribution in [2.45, 2.75) is 31.9 Å². The van der Waals surface area contributed by atoms with Crippen molar-refractivity contribution in [3.63, 3.8) is 0 Å². The molecule has 1 aromatic rings. The summed E-state index contributed by atoms with van der Waals surface area (Å²) in [4.78, 5) is 0. The van der Waals surface area contributed by atoms with E-state index in [1.165, 1.54) is 0 Å². The maximum atomic E-state index is 9.92. The Hall–Kier alpha value is -1.03. The summed E-state index contributed by atoms with van der Waals surface area (Å²) < 4.78 is 1.63. The van der Waals surface area contributed by atoms with Gasteiger partial charge in [0.1, 0.15) is 0 Å². The second-order valence-electron chi connectivity index (χ2n) is 3.43. The van der Waals surface area contributed by atoms with E-state index in [-0.39, 0.29) is 0 Å². The summed E-state index contributed by atoms with van der Waals surface area (Å²) in [5.41, 5.74) is 6.38. The average Bonchev–Trinajstić information content (AvgIpc) is 2.29. The molecule has 0 atom stereocenters.